The molecule has 0 spiro atoms. The Bertz CT molecular complexity index is 786. The third kappa shape index (κ3) is 3.63. The number of hydrogen-bond acceptors (Lipinski definition) is 5. The smallest absolute Gasteiger partial charge is 0.335 e. The zero-order valence-electron chi connectivity index (χ0n) is 10.8. The molecule has 2 rings (SSSR count). The van der Waals surface area contributed by atoms with Gasteiger partial charge in [0.05, 0.1) is 16.8 Å². The van der Waals surface area contributed by atoms with Crippen molar-refractivity contribution in [2.45, 2.75) is 17.7 Å². The van der Waals surface area contributed by atoms with Crippen molar-refractivity contribution in [1.29, 1.82) is 0 Å². The molecule has 0 bridgehead atoms. The number of benzene rings is 1. The first-order valence-corrected chi connectivity index (χ1v) is 8.03. The van der Waals surface area contributed by atoms with Crippen LogP contribution in [0.4, 0.5) is 4.39 Å². The fourth-order valence-corrected chi connectivity index (χ4v) is 3.71. The minimum absolute atomic E-state index is 0.0230. The summed E-state index contributed by atoms with van der Waals surface area (Å²) in [4.78, 5) is 14.7. The number of carbonyl (C=O) groups is 1. The van der Waals surface area contributed by atoms with E-state index >= 15 is 0 Å². The molecule has 2 aromatic rings. The number of thiazole rings is 1. The second kappa shape index (κ2) is 5.88. The number of hydrogen-bond donors (Lipinski definition) is 2. The van der Waals surface area contributed by atoms with E-state index < -0.39 is 21.8 Å². The third-order valence-electron chi connectivity index (χ3n) is 2.61. The Morgan fingerprint density at radius 1 is 1.48 bits per heavy atom. The lowest BCUT2D eigenvalue weighted by atomic mass is 10.1. The summed E-state index contributed by atoms with van der Waals surface area (Å²) in [5.41, 5.74) is -0.154. The van der Waals surface area contributed by atoms with Crippen LogP contribution >= 0.6 is 11.3 Å². The van der Waals surface area contributed by atoms with Crippen molar-refractivity contribution in [3.05, 3.63) is 46.3 Å². The number of rotatable bonds is 5. The highest BCUT2D eigenvalue weighted by Gasteiger charge is 2.18. The Hall–Kier alpha value is -1.84. The monoisotopic (exact) mass is 330 g/mol. The number of aryl methyl sites for hydroxylation is 1. The van der Waals surface area contributed by atoms with Gasteiger partial charge in [-0.05, 0) is 25.1 Å². The highest BCUT2D eigenvalue weighted by atomic mass is 32.2. The molecule has 0 aliphatic rings. The normalized spacial score (nSPS) is 11.5. The van der Waals surface area contributed by atoms with Crippen LogP contribution in [0.2, 0.25) is 0 Å². The second-order valence-electron chi connectivity index (χ2n) is 4.13. The minimum Gasteiger partial charge on any atom is -0.478 e. The average molecular weight is 330 g/mol. The number of halogens is 1. The lowest BCUT2D eigenvalue weighted by Gasteiger charge is -2.06. The van der Waals surface area contributed by atoms with E-state index in [0.29, 0.717) is 5.01 Å². The zero-order valence-corrected chi connectivity index (χ0v) is 12.5. The maximum absolute atomic E-state index is 13.6. The highest BCUT2D eigenvalue weighted by Crippen LogP contribution is 2.18. The molecular weight excluding hydrogens is 319 g/mol. The Kier molecular flexibility index (Phi) is 4.35. The molecule has 0 saturated heterocycles. The molecule has 6 nitrogen and oxygen atoms in total. The summed E-state index contributed by atoms with van der Waals surface area (Å²) >= 11 is 0.993. The molecule has 0 fully saturated rings. The van der Waals surface area contributed by atoms with Gasteiger partial charge in [-0.3, -0.25) is 0 Å². The summed E-state index contributed by atoms with van der Waals surface area (Å²) < 4.78 is 39.8. The van der Waals surface area contributed by atoms with E-state index in [9.17, 15) is 17.6 Å². The first kappa shape index (κ1) is 15.5. The maximum atomic E-state index is 13.6. The van der Waals surface area contributed by atoms with Crippen molar-refractivity contribution in [3.8, 4) is 0 Å². The molecule has 0 aliphatic carbocycles. The molecule has 0 atom stereocenters. The van der Waals surface area contributed by atoms with E-state index in [-0.39, 0.29) is 21.9 Å². The van der Waals surface area contributed by atoms with E-state index in [1.54, 1.807) is 6.92 Å². The first-order chi connectivity index (χ1) is 9.79. The summed E-state index contributed by atoms with van der Waals surface area (Å²) in [6.45, 7) is 1.33. The van der Waals surface area contributed by atoms with Crippen molar-refractivity contribution in [2.24, 2.45) is 0 Å². The Morgan fingerprint density at radius 3 is 2.76 bits per heavy atom. The van der Waals surface area contributed by atoms with E-state index in [4.69, 9.17) is 5.11 Å². The first-order valence-electron chi connectivity index (χ1n) is 5.73. The van der Waals surface area contributed by atoms with Crippen molar-refractivity contribution >= 4 is 27.3 Å². The number of carboxylic acids is 1. The van der Waals surface area contributed by atoms with Gasteiger partial charge in [-0.1, -0.05) is 0 Å². The van der Waals surface area contributed by atoms with Crippen LogP contribution in [0.5, 0.6) is 0 Å². The van der Waals surface area contributed by atoms with Crippen LogP contribution in [0, 0.1) is 12.7 Å². The summed E-state index contributed by atoms with van der Waals surface area (Å²) in [7, 11) is -3.80. The number of aromatic nitrogens is 1. The summed E-state index contributed by atoms with van der Waals surface area (Å²) in [6.07, 6.45) is 1.21. The van der Waals surface area contributed by atoms with Crippen LogP contribution in [0.25, 0.3) is 0 Å². The van der Waals surface area contributed by atoms with Gasteiger partial charge in [0.1, 0.15) is 5.82 Å². The van der Waals surface area contributed by atoms with Gasteiger partial charge >= 0.3 is 5.97 Å². The van der Waals surface area contributed by atoms with E-state index in [1.807, 2.05) is 0 Å². The van der Waals surface area contributed by atoms with Gasteiger partial charge < -0.3 is 5.11 Å². The molecule has 0 saturated carbocycles. The molecule has 0 unspecified atom stereocenters. The summed E-state index contributed by atoms with van der Waals surface area (Å²) in [6, 6.07) is 3.20. The van der Waals surface area contributed by atoms with Crippen molar-refractivity contribution in [3.63, 3.8) is 0 Å². The van der Waals surface area contributed by atoms with Gasteiger partial charge in [-0.15, -0.1) is 11.3 Å². The van der Waals surface area contributed by atoms with Gasteiger partial charge in [-0.25, -0.2) is 27.3 Å². The molecule has 112 valence electrons. The number of nitrogens with one attached hydrogen (secondary N) is 1. The van der Waals surface area contributed by atoms with Gasteiger partial charge in [-0.2, -0.15) is 0 Å². The Balaban J connectivity index is 2.20. The van der Waals surface area contributed by atoms with Gasteiger partial charge in [0.15, 0.2) is 4.21 Å². The standard InChI is InChI=1S/C12H11FN2O4S2/c1-7-14-6-11(20-7)21(18,19)15-5-9-4-8(12(16)17)2-3-10(9)13/h2-4,6,15H,5H2,1H3,(H,16,17). The number of sulfonamides is 1. The summed E-state index contributed by atoms with van der Waals surface area (Å²) in [5.74, 6) is -1.89. The topological polar surface area (TPSA) is 96.4 Å². The maximum Gasteiger partial charge on any atom is 0.335 e. The third-order valence-corrected chi connectivity index (χ3v) is 5.39. The van der Waals surface area contributed by atoms with Gasteiger partial charge in [0.2, 0.25) is 0 Å². The molecule has 0 amide bonds. The lowest BCUT2D eigenvalue weighted by molar-refractivity contribution is 0.0696. The zero-order chi connectivity index (χ0) is 15.6. The molecular formula is C12H11FN2O4S2. The Labute approximate surface area is 124 Å². The number of nitrogens with zero attached hydrogens (tertiary/aromatic N) is 1. The molecule has 1 aromatic heterocycles. The minimum atomic E-state index is -3.80. The van der Waals surface area contributed by atoms with Crippen molar-refractivity contribution < 1.29 is 22.7 Å². The molecule has 0 aliphatic heterocycles. The molecule has 0 radical (unpaired) electrons. The van der Waals surface area contributed by atoms with Crippen LogP contribution < -0.4 is 4.72 Å². The van der Waals surface area contributed by atoms with Crippen LogP contribution in [0.1, 0.15) is 20.9 Å². The summed E-state index contributed by atoms with van der Waals surface area (Å²) in [5, 5.41) is 9.43. The van der Waals surface area contributed by atoms with Crippen molar-refractivity contribution in [1.82, 2.24) is 9.71 Å². The molecule has 1 aromatic carbocycles. The van der Waals surface area contributed by atoms with E-state index in [0.717, 1.165) is 29.5 Å². The average Bonchev–Trinajstić information content (AvgIpc) is 2.85. The van der Waals surface area contributed by atoms with Crippen LogP contribution in [0.3, 0.4) is 0 Å². The predicted octanol–water partition coefficient (Wildman–Crippen LogP) is 1.77. The Morgan fingerprint density at radius 2 is 2.19 bits per heavy atom. The SMILES string of the molecule is Cc1ncc(S(=O)(=O)NCc2cc(C(=O)O)ccc2F)s1. The fraction of sp³-hybridized carbons (Fsp3) is 0.167. The van der Waals surface area contributed by atoms with Gasteiger partial charge in [0, 0.05) is 12.1 Å². The second-order valence-corrected chi connectivity index (χ2v) is 7.36. The van der Waals surface area contributed by atoms with Crippen LogP contribution in [-0.4, -0.2) is 24.5 Å². The molecule has 9 heteroatoms. The molecule has 2 N–H and O–H groups in total. The van der Waals surface area contributed by atoms with Crippen LogP contribution in [0.15, 0.2) is 28.6 Å². The van der Waals surface area contributed by atoms with Gasteiger partial charge in [0.25, 0.3) is 10.0 Å². The highest BCUT2D eigenvalue weighted by molar-refractivity contribution is 7.91. The number of carboxylic acid groups (broad SMARTS) is 1. The predicted molar refractivity (Wildman–Crippen MR) is 74.2 cm³/mol. The van der Waals surface area contributed by atoms with E-state index in [1.165, 1.54) is 6.20 Å². The fourth-order valence-electron chi connectivity index (χ4n) is 1.55. The largest absolute Gasteiger partial charge is 0.478 e. The van der Waals surface area contributed by atoms with E-state index in [2.05, 4.69) is 9.71 Å². The van der Waals surface area contributed by atoms with Crippen molar-refractivity contribution in [2.75, 3.05) is 0 Å². The quantitative estimate of drug-likeness (QED) is 0.871. The lowest BCUT2D eigenvalue weighted by Crippen LogP contribution is -2.23. The molecule has 21 heavy (non-hydrogen) atoms. The number of aromatic carboxylic acids is 1. The molecule has 1 heterocycles. The van der Waals surface area contributed by atoms with Crippen LogP contribution in [-0.2, 0) is 16.6 Å².